The number of hydrogen-bond donors (Lipinski definition) is 1. The van der Waals surface area contributed by atoms with Gasteiger partial charge in [0.05, 0.1) is 12.1 Å². The lowest BCUT2D eigenvalue weighted by Crippen LogP contribution is -2.24. The monoisotopic (exact) mass is 225 g/mol. The van der Waals surface area contributed by atoms with Gasteiger partial charge in [0.25, 0.3) is 0 Å². The fourth-order valence-corrected chi connectivity index (χ4v) is 2.82. The second-order valence-corrected chi connectivity index (χ2v) is 5.63. The van der Waals surface area contributed by atoms with Gasteiger partial charge < -0.3 is 0 Å². The molecule has 1 aliphatic rings. The minimum Gasteiger partial charge on any atom is -0.298 e. The fraction of sp³-hybridized carbons (Fsp3) is 0.667. The highest BCUT2D eigenvalue weighted by Crippen LogP contribution is 2.24. The molecule has 1 fully saturated rings. The fourth-order valence-electron chi connectivity index (χ4n) is 1.95. The summed E-state index contributed by atoms with van der Waals surface area (Å²) in [4.78, 5) is 8.40. The van der Waals surface area contributed by atoms with Gasteiger partial charge in [-0.15, -0.1) is 11.3 Å². The van der Waals surface area contributed by atoms with Crippen molar-refractivity contribution >= 4 is 11.3 Å². The van der Waals surface area contributed by atoms with E-state index in [0.29, 0.717) is 12.1 Å². The first-order valence-electron chi connectivity index (χ1n) is 5.73. The lowest BCUT2D eigenvalue weighted by atomic mass is 10.3. The van der Waals surface area contributed by atoms with Crippen molar-refractivity contribution in [2.75, 3.05) is 0 Å². The number of thiophene rings is 1. The summed E-state index contributed by atoms with van der Waals surface area (Å²) in [5.74, 6) is 0. The molecule has 1 aliphatic carbocycles. The first-order chi connectivity index (χ1) is 7.25. The molecule has 2 nitrogen and oxygen atoms in total. The van der Waals surface area contributed by atoms with Gasteiger partial charge in [0.1, 0.15) is 0 Å². The predicted molar refractivity (Wildman–Crippen MR) is 63.9 cm³/mol. The van der Waals surface area contributed by atoms with Crippen LogP contribution in [0.25, 0.3) is 0 Å². The van der Waals surface area contributed by atoms with Gasteiger partial charge in [-0.25, -0.2) is 0 Å². The molecular formula is C12H19NOS. The third kappa shape index (κ3) is 3.03. The van der Waals surface area contributed by atoms with E-state index in [1.807, 2.05) is 11.3 Å². The zero-order valence-corrected chi connectivity index (χ0v) is 10.3. The van der Waals surface area contributed by atoms with Gasteiger partial charge in [-0.3, -0.25) is 4.84 Å². The van der Waals surface area contributed by atoms with Crippen molar-refractivity contribution in [2.45, 2.75) is 51.7 Å². The van der Waals surface area contributed by atoms with Gasteiger partial charge in [0, 0.05) is 9.75 Å². The Balaban J connectivity index is 1.79. The number of aryl methyl sites for hydroxylation is 1. The summed E-state index contributed by atoms with van der Waals surface area (Å²) in [6, 6.07) is 4.65. The van der Waals surface area contributed by atoms with Crippen LogP contribution in [-0.4, -0.2) is 6.10 Å². The highest BCUT2D eigenvalue weighted by Gasteiger charge is 2.17. The van der Waals surface area contributed by atoms with Crippen molar-refractivity contribution in [3.8, 4) is 0 Å². The van der Waals surface area contributed by atoms with E-state index in [-0.39, 0.29) is 0 Å². The molecule has 2 rings (SSSR count). The largest absolute Gasteiger partial charge is 0.298 e. The molecule has 0 bridgehead atoms. The molecule has 0 spiro atoms. The Morgan fingerprint density at radius 2 is 2.13 bits per heavy atom. The minimum absolute atomic E-state index is 0.310. The molecule has 1 aromatic heterocycles. The van der Waals surface area contributed by atoms with Crippen LogP contribution < -0.4 is 5.48 Å². The Hall–Kier alpha value is -0.380. The lowest BCUT2D eigenvalue weighted by Gasteiger charge is -2.16. The summed E-state index contributed by atoms with van der Waals surface area (Å²) in [5.41, 5.74) is 3.16. The molecule has 1 aromatic rings. The Kier molecular flexibility index (Phi) is 3.78. The molecular weight excluding hydrogens is 206 g/mol. The molecule has 1 saturated carbocycles. The van der Waals surface area contributed by atoms with E-state index < -0.39 is 0 Å². The van der Waals surface area contributed by atoms with Gasteiger partial charge in [-0.2, -0.15) is 5.48 Å². The van der Waals surface area contributed by atoms with Crippen LogP contribution in [0.2, 0.25) is 0 Å². The van der Waals surface area contributed by atoms with Crippen molar-refractivity contribution < 1.29 is 4.84 Å². The summed E-state index contributed by atoms with van der Waals surface area (Å²) in [6.45, 7) is 4.29. The normalized spacial score (nSPS) is 19.6. The van der Waals surface area contributed by atoms with Crippen LogP contribution in [0.4, 0.5) is 0 Å². The number of nitrogens with one attached hydrogen (secondary N) is 1. The molecule has 1 heterocycles. The van der Waals surface area contributed by atoms with Crippen LogP contribution in [-0.2, 0) is 4.84 Å². The summed E-state index contributed by atoms with van der Waals surface area (Å²) < 4.78 is 0. The summed E-state index contributed by atoms with van der Waals surface area (Å²) in [5, 5.41) is 0. The first kappa shape index (κ1) is 11.1. The SMILES string of the molecule is Cc1ccc(C(C)NOC2CCCC2)s1. The van der Waals surface area contributed by atoms with Gasteiger partial charge in [0.2, 0.25) is 0 Å². The van der Waals surface area contributed by atoms with Gasteiger partial charge in [-0.1, -0.05) is 12.8 Å². The Morgan fingerprint density at radius 3 is 2.73 bits per heavy atom. The third-order valence-electron chi connectivity index (χ3n) is 2.90. The molecule has 0 aromatic carbocycles. The summed E-state index contributed by atoms with van der Waals surface area (Å²) >= 11 is 1.84. The number of hydroxylamine groups is 1. The smallest absolute Gasteiger partial charge is 0.0790 e. The zero-order chi connectivity index (χ0) is 10.7. The third-order valence-corrected chi connectivity index (χ3v) is 4.09. The summed E-state index contributed by atoms with van der Waals surface area (Å²) in [6.07, 6.45) is 5.50. The standard InChI is InChI=1S/C12H19NOS/c1-9-7-8-12(15-9)10(2)13-14-11-5-3-4-6-11/h7-8,10-11,13H,3-6H2,1-2H3. The molecule has 0 radical (unpaired) electrons. The highest BCUT2D eigenvalue weighted by molar-refractivity contribution is 7.12. The number of rotatable bonds is 4. The van der Waals surface area contributed by atoms with Crippen molar-refractivity contribution in [1.82, 2.24) is 5.48 Å². The van der Waals surface area contributed by atoms with E-state index in [1.165, 1.54) is 35.4 Å². The van der Waals surface area contributed by atoms with Crippen LogP contribution in [0.1, 0.15) is 48.4 Å². The van der Waals surface area contributed by atoms with Crippen molar-refractivity contribution in [2.24, 2.45) is 0 Å². The number of hydrogen-bond acceptors (Lipinski definition) is 3. The molecule has 1 unspecified atom stereocenters. The van der Waals surface area contributed by atoms with Crippen LogP contribution in [0, 0.1) is 6.92 Å². The molecule has 0 saturated heterocycles. The minimum atomic E-state index is 0.310. The quantitative estimate of drug-likeness (QED) is 0.791. The van der Waals surface area contributed by atoms with E-state index >= 15 is 0 Å². The predicted octanol–water partition coefficient (Wildman–Crippen LogP) is 3.58. The Labute approximate surface area is 95.6 Å². The van der Waals surface area contributed by atoms with Crippen LogP contribution >= 0.6 is 11.3 Å². The van der Waals surface area contributed by atoms with Crippen molar-refractivity contribution in [1.29, 1.82) is 0 Å². The summed E-state index contributed by atoms with van der Waals surface area (Å²) in [7, 11) is 0. The topological polar surface area (TPSA) is 21.3 Å². The van der Waals surface area contributed by atoms with Gasteiger partial charge >= 0.3 is 0 Å². The molecule has 0 aliphatic heterocycles. The highest BCUT2D eigenvalue weighted by atomic mass is 32.1. The van der Waals surface area contributed by atoms with Crippen molar-refractivity contribution in [3.63, 3.8) is 0 Å². The van der Waals surface area contributed by atoms with E-state index in [9.17, 15) is 0 Å². The second-order valence-electron chi connectivity index (χ2n) is 4.31. The van der Waals surface area contributed by atoms with E-state index in [4.69, 9.17) is 4.84 Å². The molecule has 1 atom stereocenters. The van der Waals surface area contributed by atoms with Crippen LogP contribution in [0.15, 0.2) is 12.1 Å². The lowest BCUT2D eigenvalue weighted by molar-refractivity contribution is -0.0371. The van der Waals surface area contributed by atoms with Crippen LogP contribution in [0.5, 0.6) is 0 Å². The molecule has 84 valence electrons. The average Bonchev–Trinajstić information content (AvgIpc) is 2.84. The molecule has 15 heavy (non-hydrogen) atoms. The maximum Gasteiger partial charge on any atom is 0.0790 e. The molecule has 0 amide bonds. The van der Waals surface area contributed by atoms with E-state index in [0.717, 1.165) is 0 Å². The van der Waals surface area contributed by atoms with E-state index in [2.05, 4.69) is 31.5 Å². The first-order valence-corrected chi connectivity index (χ1v) is 6.55. The maximum absolute atomic E-state index is 5.69. The Morgan fingerprint density at radius 1 is 1.40 bits per heavy atom. The molecule has 3 heteroatoms. The zero-order valence-electron chi connectivity index (χ0n) is 9.45. The van der Waals surface area contributed by atoms with Gasteiger partial charge in [0.15, 0.2) is 0 Å². The second kappa shape index (κ2) is 5.10. The molecule has 1 N–H and O–H groups in total. The maximum atomic E-state index is 5.69. The van der Waals surface area contributed by atoms with Gasteiger partial charge in [-0.05, 0) is 38.8 Å². The van der Waals surface area contributed by atoms with Crippen molar-refractivity contribution in [3.05, 3.63) is 21.9 Å². The Bertz CT molecular complexity index is 304. The average molecular weight is 225 g/mol. The van der Waals surface area contributed by atoms with E-state index in [1.54, 1.807) is 0 Å². The van der Waals surface area contributed by atoms with Crippen LogP contribution in [0.3, 0.4) is 0 Å².